The summed E-state index contributed by atoms with van der Waals surface area (Å²) in [7, 11) is 2.15. The van der Waals surface area contributed by atoms with Gasteiger partial charge in [0.25, 0.3) is 0 Å². The highest BCUT2D eigenvalue weighted by molar-refractivity contribution is 5.32. The number of likely N-dealkylation sites (N-methyl/N-ethyl adjacent to an activating group) is 1. The first-order valence-corrected chi connectivity index (χ1v) is 4.96. The zero-order valence-electron chi connectivity index (χ0n) is 9.68. The van der Waals surface area contributed by atoms with Crippen LogP contribution in [-0.2, 0) is 0 Å². The molecule has 0 fully saturated rings. The van der Waals surface area contributed by atoms with Gasteiger partial charge in [0.2, 0.25) is 0 Å². The molecular weight excluding hydrogens is 158 g/mol. The molecule has 1 atom stereocenters. The quantitative estimate of drug-likeness (QED) is 0.552. The van der Waals surface area contributed by atoms with Crippen molar-refractivity contribution < 1.29 is 0 Å². The molecule has 1 aliphatic heterocycles. The van der Waals surface area contributed by atoms with Gasteiger partial charge in [-0.1, -0.05) is 26.8 Å². The Morgan fingerprint density at radius 2 is 1.85 bits per heavy atom. The molecule has 0 aromatic heterocycles. The fraction of sp³-hybridized carbons (Fsp3) is 0.667. The van der Waals surface area contributed by atoms with Crippen molar-refractivity contribution in [2.24, 2.45) is 5.41 Å². The van der Waals surface area contributed by atoms with Gasteiger partial charge in [-0.2, -0.15) is 0 Å². The minimum atomic E-state index is 0.275. The van der Waals surface area contributed by atoms with Gasteiger partial charge in [-0.05, 0) is 30.9 Å². The molecule has 0 spiro atoms. The summed E-state index contributed by atoms with van der Waals surface area (Å²) in [5, 5.41) is 0. The summed E-state index contributed by atoms with van der Waals surface area (Å²) in [6.45, 7) is 11.2. The molecule has 1 heterocycles. The van der Waals surface area contributed by atoms with Crippen molar-refractivity contribution >= 4 is 0 Å². The Hall–Kier alpha value is -0.720. The molecule has 1 nitrogen and oxygen atoms in total. The van der Waals surface area contributed by atoms with Crippen molar-refractivity contribution in [3.8, 4) is 0 Å². The molecule has 1 rings (SSSR count). The summed E-state index contributed by atoms with van der Waals surface area (Å²) in [5.74, 6) is 0. The molecule has 0 aromatic carbocycles. The van der Waals surface area contributed by atoms with Crippen LogP contribution in [0.1, 0.15) is 34.6 Å². The first kappa shape index (κ1) is 10.4. The van der Waals surface area contributed by atoms with Gasteiger partial charge in [0.15, 0.2) is 0 Å². The van der Waals surface area contributed by atoms with Gasteiger partial charge in [-0.3, -0.25) is 0 Å². The van der Waals surface area contributed by atoms with Crippen LogP contribution in [0.4, 0.5) is 0 Å². The molecule has 1 unspecified atom stereocenters. The van der Waals surface area contributed by atoms with Gasteiger partial charge in [-0.15, -0.1) is 0 Å². The average Bonchev–Trinajstić information content (AvgIpc) is 1.97. The molecule has 0 N–H and O–H groups in total. The van der Waals surface area contributed by atoms with E-state index in [0.29, 0.717) is 6.04 Å². The Balaban J connectivity index is 2.98. The summed E-state index contributed by atoms with van der Waals surface area (Å²) in [4.78, 5) is 2.30. The molecule has 0 saturated heterocycles. The maximum atomic E-state index is 2.35. The second-order valence-electron chi connectivity index (χ2n) is 5.01. The SMILES string of the molecule is CC1=CC(C(C)(C)C)=CC(C)N1C. The Kier molecular flexibility index (Phi) is 2.56. The Labute approximate surface area is 82.1 Å². The van der Waals surface area contributed by atoms with E-state index in [4.69, 9.17) is 0 Å². The Morgan fingerprint density at radius 3 is 2.23 bits per heavy atom. The normalized spacial score (nSPS) is 24.2. The molecular formula is C12H21N. The first-order valence-electron chi connectivity index (χ1n) is 4.96. The van der Waals surface area contributed by atoms with E-state index in [2.05, 4.69) is 58.7 Å². The number of rotatable bonds is 0. The number of hydrogen-bond donors (Lipinski definition) is 0. The van der Waals surface area contributed by atoms with E-state index < -0.39 is 0 Å². The lowest BCUT2D eigenvalue weighted by Gasteiger charge is -2.34. The largest absolute Gasteiger partial charge is 0.372 e. The maximum absolute atomic E-state index is 2.35. The second kappa shape index (κ2) is 3.21. The van der Waals surface area contributed by atoms with Crippen molar-refractivity contribution in [1.82, 2.24) is 4.90 Å². The number of hydrogen-bond acceptors (Lipinski definition) is 1. The predicted molar refractivity (Wildman–Crippen MR) is 58.5 cm³/mol. The monoisotopic (exact) mass is 179 g/mol. The zero-order chi connectivity index (χ0) is 10.2. The van der Waals surface area contributed by atoms with Gasteiger partial charge < -0.3 is 4.90 Å². The summed E-state index contributed by atoms with van der Waals surface area (Å²) >= 11 is 0. The van der Waals surface area contributed by atoms with Crippen molar-refractivity contribution in [2.45, 2.75) is 40.7 Å². The molecule has 0 radical (unpaired) electrons. The van der Waals surface area contributed by atoms with Crippen molar-refractivity contribution in [2.75, 3.05) is 7.05 Å². The van der Waals surface area contributed by atoms with Crippen molar-refractivity contribution in [1.29, 1.82) is 0 Å². The topological polar surface area (TPSA) is 3.24 Å². The lowest BCUT2D eigenvalue weighted by atomic mass is 9.83. The van der Waals surface area contributed by atoms with Crippen molar-refractivity contribution in [3.63, 3.8) is 0 Å². The average molecular weight is 179 g/mol. The number of allylic oxidation sites excluding steroid dienone is 3. The van der Waals surface area contributed by atoms with E-state index in [9.17, 15) is 0 Å². The molecule has 1 aliphatic rings. The van der Waals surface area contributed by atoms with Gasteiger partial charge in [0, 0.05) is 18.8 Å². The minimum absolute atomic E-state index is 0.275. The van der Waals surface area contributed by atoms with E-state index in [1.165, 1.54) is 11.3 Å². The van der Waals surface area contributed by atoms with E-state index in [1.807, 2.05) is 0 Å². The third kappa shape index (κ3) is 2.15. The van der Waals surface area contributed by atoms with E-state index in [-0.39, 0.29) is 5.41 Å². The van der Waals surface area contributed by atoms with Crippen LogP contribution in [0.2, 0.25) is 0 Å². The Morgan fingerprint density at radius 1 is 1.31 bits per heavy atom. The minimum Gasteiger partial charge on any atom is -0.372 e. The molecule has 74 valence electrons. The highest BCUT2D eigenvalue weighted by Gasteiger charge is 2.21. The first-order chi connectivity index (χ1) is 5.82. The predicted octanol–water partition coefficient (Wildman–Crippen LogP) is 3.20. The summed E-state index contributed by atoms with van der Waals surface area (Å²) in [6.07, 6.45) is 4.65. The van der Waals surface area contributed by atoms with Crippen LogP contribution < -0.4 is 0 Å². The number of nitrogens with zero attached hydrogens (tertiary/aromatic N) is 1. The fourth-order valence-corrected chi connectivity index (χ4v) is 1.53. The summed E-state index contributed by atoms with van der Waals surface area (Å²) in [5.41, 5.74) is 3.09. The zero-order valence-corrected chi connectivity index (χ0v) is 9.68. The van der Waals surface area contributed by atoms with Gasteiger partial charge in [-0.25, -0.2) is 0 Å². The highest BCUT2D eigenvalue weighted by Crippen LogP contribution is 2.31. The van der Waals surface area contributed by atoms with Gasteiger partial charge >= 0.3 is 0 Å². The molecule has 1 heteroatoms. The van der Waals surface area contributed by atoms with Gasteiger partial charge in [0.05, 0.1) is 0 Å². The maximum Gasteiger partial charge on any atom is 0.0444 e. The molecule has 0 amide bonds. The summed E-state index contributed by atoms with van der Waals surface area (Å²) in [6, 6.07) is 0.527. The van der Waals surface area contributed by atoms with E-state index in [1.54, 1.807) is 0 Å². The van der Waals surface area contributed by atoms with Crippen LogP contribution in [0, 0.1) is 5.41 Å². The van der Waals surface area contributed by atoms with Crippen LogP contribution >= 0.6 is 0 Å². The lowest BCUT2D eigenvalue weighted by molar-refractivity contribution is 0.356. The molecule has 0 aliphatic carbocycles. The summed E-state index contributed by atoms with van der Waals surface area (Å²) < 4.78 is 0. The lowest BCUT2D eigenvalue weighted by Crippen LogP contribution is -2.30. The third-order valence-corrected chi connectivity index (χ3v) is 2.82. The molecule has 0 saturated carbocycles. The Bertz CT molecular complexity index is 253. The molecule has 13 heavy (non-hydrogen) atoms. The fourth-order valence-electron chi connectivity index (χ4n) is 1.53. The van der Waals surface area contributed by atoms with Crippen LogP contribution in [0.3, 0.4) is 0 Å². The van der Waals surface area contributed by atoms with Crippen LogP contribution in [0.5, 0.6) is 0 Å². The van der Waals surface area contributed by atoms with Crippen LogP contribution in [-0.4, -0.2) is 18.0 Å². The smallest absolute Gasteiger partial charge is 0.0444 e. The van der Waals surface area contributed by atoms with E-state index in [0.717, 1.165) is 0 Å². The highest BCUT2D eigenvalue weighted by atomic mass is 15.1. The standard InChI is InChI=1S/C12H21N/c1-9-7-11(12(3,4)5)8-10(2)13(9)6/h7-9H,1-6H3. The van der Waals surface area contributed by atoms with E-state index >= 15 is 0 Å². The van der Waals surface area contributed by atoms with Crippen LogP contribution in [0.15, 0.2) is 23.4 Å². The second-order valence-corrected chi connectivity index (χ2v) is 5.01. The third-order valence-electron chi connectivity index (χ3n) is 2.82. The van der Waals surface area contributed by atoms with Crippen molar-refractivity contribution in [3.05, 3.63) is 23.4 Å². The molecule has 0 bridgehead atoms. The van der Waals surface area contributed by atoms with Gasteiger partial charge in [0.1, 0.15) is 0 Å². The molecule has 0 aromatic rings. The van der Waals surface area contributed by atoms with Crippen LogP contribution in [0.25, 0.3) is 0 Å².